The van der Waals surface area contributed by atoms with Gasteiger partial charge in [0.15, 0.2) is 17.3 Å². The molecule has 0 unspecified atom stereocenters. The van der Waals surface area contributed by atoms with Gasteiger partial charge in [-0.15, -0.1) is 0 Å². The van der Waals surface area contributed by atoms with Crippen LogP contribution in [0.3, 0.4) is 0 Å². The summed E-state index contributed by atoms with van der Waals surface area (Å²) < 4.78 is 0. The second-order valence-corrected chi connectivity index (χ2v) is 6.86. The zero-order valence-electron chi connectivity index (χ0n) is 15.3. The highest BCUT2D eigenvalue weighted by molar-refractivity contribution is 6.00. The lowest BCUT2D eigenvalue weighted by molar-refractivity contribution is 0.0975. The van der Waals surface area contributed by atoms with Crippen LogP contribution >= 0.6 is 0 Å². The van der Waals surface area contributed by atoms with E-state index in [1.54, 1.807) is 0 Å². The standard InChI is InChI=1S/C20H32O4/c1-4-5-6-7-8-9-10-11-12-17(21)16-13-15(14(2)3)18(22)20(24)19(16)23/h13-14,22-24H,4-12H2,1-3H3. The summed E-state index contributed by atoms with van der Waals surface area (Å²) in [6.45, 7) is 5.92. The molecule has 0 radical (unpaired) electrons. The van der Waals surface area contributed by atoms with Gasteiger partial charge in [0.05, 0.1) is 5.56 Å². The van der Waals surface area contributed by atoms with Crippen LogP contribution in [0, 0.1) is 0 Å². The van der Waals surface area contributed by atoms with E-state index in [0.29, 0.717) is 12.0 Å². The minimum atomic E-state index is -0.597. The SMILES string of the molecule is CCCCCCCCCCC(=O)c1cc(C(C)C)c(O)c(O)c1O. The van der Waals surface area contributed by atoms with E-state index in [1.165, 1.54) is 38.2 Å². The fourth-order valence-corrected chi connectivity index (χ4v) is 2.88. The van der Waals surface area contributed by atoms with Gasteiger partial charge in [-0.25, -0.2) is 0 Å². The molecule has 1 aromatic carbocycles. The molecule has 3 N–H and O–H groups in total. The molecule has 0 bridgehead atoms. The minimum absolute atomic E-state index is 0.0498. The average molecular weight is 336 g/mol. The zero-order valence-corrected chi connectivity index (χ0v) is 15.3. The number of benzene rings is 1. The Morgan fingerprint density at radius 3 is 1.96 bits per heavy atom. The van der Waals surface area contributed by atoms with Crippen molar-refractivity contribution in [3.8, 4) is 17.2 Å². The number of unbranched alkanes of at least 4 members (excludes halogenated alkanes) is 7. The molecule has 0 amide bonds. The van der Waals surface area contributed by atoms with E-state index in [4.69, 9.17) is 0 Å². The van der Waals surface area contributed by atoms with Crippen molar-refractivity contribution in [3.05, 3.63) is 17.2 Å². The lowest BCUT2D eigenvalue weighted by atomic mass is 9.94. The molecule has 1 aromatic rings. The third-order valence-electron chi connectivity index (χ3n) is 4.46. The van der Waals surface area contributed by atoms with Crippen LogP contribution in [-0.4, -0.2) is 21.1 Å². The van der Waals surface area contributed by atoms with E-state index in [-0.39, 0.29) is 23.0 Å². The normalized spacial score (nSPS) is 11.2. The fraction of sp³-hybridized carbons (Fsp3) is 0.650. The summed E-state index contributed by atoms with van der Waals surface area (Å²) in [5.41, 5.74) is 0.585. The molecule has 4 heteroatoms. The fourth-order valence-electron chi connectivity index (χ4n) is 2.88. The second-order valence-electron chi connectivity index (χ2n) is 6.86. The van der Waals surface area contributed by atoms with Crippen molar-refractivity contribution in [1.82, 2.24) is 0 Å². The van der Waals surface area contributed by atoms with Crippen LogP contribution in [-0.2, 0) is 0 Å². The predicted octanol–water partition coefficient (Wildman–Crippen LogP) is 5.64. The molecule has 136 valence electrons. The Morgan fingerprint density at radius 1 is 0.875 bits per heavy atom. The molecule has 0 fully saturated rings. The Balaban J connectivity index is 2.53. The summed E-state index contributed by atoms with van der Waals surface area (Å²) in [6, 6.07) is 1.50. The highest BCUT2D eigenvalue weighted by Crippen LogP contribution is 2.43. The lowest BCUT2D eigenvalue weighted by Gasteiger charge is -2.14. The van der Waals surface area contributed by atoms with Crippen molar-refractivity contribution in [2.45, 2.75) is 84.5 Å². The molecule has 0 aliphatic rings. The van der Waals surface area contributed by atoms with Gasteiger partial charge in [-0.2, -0.15) is 0 Å². The number of phenolic OH excluding ortho intramolecular Hbond substituents is 3. The molecule has 0 saturated carbocycles. The van der Waals surface area contributed by atoms with Crippen LogP contribution in [0.25, 0.3) is 0 Å². The van der Waals surface area contributed by atoms with E-state index in [2.05, 4.69) is 6.92 Å². The first-order chi connectivity index (χ1) is 11.4. The van der Waals surface area contributed by atoms with Gasteiger partial charge in [-0.3, -0.25) is 4.79 Å². The number of rotatable bonds is 11. The molecule has 0 spiro atoms. The van der Waals surface area contributed by atoms with Crippen molar-refractivity contribution >= 4 is 5.78 Å². The van der Waals surface area contributed by atoms with Crippen molar-refractivity contribution in [2.75, 3.05) is 0 Å². The van der Waals surface area contributed by atoms with E-state index in [9.17, 15) is 20.1 Å². The van der Waals surface area contributed by atoms with Crippen molar-refractivity contribution in [3.63, 3.8) is 0 Å². The van der Waals surface area contributed by atoms with Gasteiger partial charge >= 0.3 is 0 Å². The molecular formula is C20H32O4. The molecule has 0 heterocycles. The summed E-state index contributed by atoms with van der Waals surface area (Å²) in [5, 5.41) is 29.6. The van der Waals surface area contributed by atoms with E-state index in [0.717, 1.165) is 19.3 Å². The summed E-state index contributed by atoms with van der Waals surface area (Å²) in [4.78, 5) is 12.3. The van der Waals surface area contributed by atoms with Crippen molar-refractivity contribution in [1.29, 1.82) is 0 Å². The molecule has 1 rings (SSSR count). The Kier molecular flexibility index (Phi) is 8.66. The topological polar surface area (TPSA) is 77.8 Å². The number of aromatic hydroxyl groups is 3. The largest absolute Gasteiger partial charge is 0.504 e. The van der Waals surface area contributed by atoms with Gasteiger partial charge in [0.25, 0.3) is 0 Å². The predicted molar refractivity (Wildman–Crippen MR) is 97.1 cm³/mol. The van der Waals surface area contributed by atoms with Crippen LogP contribution < -0.4 is 0 Å². The zero-order chi connectivity index (χ0) is 18.1. The lowest BCUT2D eigenvalue weighted by Crippen LogP contribution is -2.02. The minimum Gasteiger partial charge on any atom is -0.504 e. The molecule has 0 saturated heterocycles. The Morgan fingerprint density at radius 2 is 1.42 bits per heavy atom. The second kappa shape index (κ2) is 10.2. The quantitative estimate of drug-likeness (QED) is 0.277. The highest BCUT2D eigenvalue weighted by atomic mass is 16.3. The summed E-state index contributed by atoms with van der Waals surface area (Å²) in [7, 11) is 0. The van der Waals surface area contributed by atoms with E-state index in [1.807, 2.05) is 13.8 Å². The number of phenols is 3. The first-order valence-electron chi connectivity index (χ1n) is 9.21. The number of hydrogen-bond acceptors (Lipinski definition) is 4. The molecule has 24 heavy (non-hydrogen) atoms. The summed E-state index contributed by atoms with van der Waals surface area (Å²) in [6.07, 6.45) is 9.54. The monoisotopic (exact) mass is 336 g/mol. The Hall–Kier alpha value is -1.71. The molecule has 0 atom stereocenters. The number of hydrogen-bond donors (Lipinski definition) is 3. The van der Waals surface area contributed by atoms with Crippen LogP contribution in [0.2, 0.25) is 0 Å². The highest BCUT2D eigenvalue weighted by Gasteiger charge is 2.22. The Bertz CT molecular complexity index is 535. The van der Waals surface area contributed by atoms with Gasteiger partial charge in [0.2, 0.25) is 5.75 Å². The van der Waals surface area contributed by atoms with Crippen LogP contribution in [0.15, 0.2) is 6.07 Å². The van der Waals surface area contributed by atoms with Gasteiger partial charge in [0, 0.05) is 12.0 Å². The van der Waals surface area contributed by atoms with Crippen LogP contribution in [0.1, 0.15) is 100 Å². The smallest absolute Gasteiger partial charge is 0.201 e. The molecule has 0 aliphatic heterocycles. The molecular weight excluding hydrogens is 304 g/mol. The van der Waals surface area contributed by atoms with Gasteiger partial charge in [0.1, 0.15) is 0 Å². The first kappa shape index (κ1) is 20.3. The van der Waals surface area contributed by atoms with Gasteiger partial charge in [-0.05, 0) is 18.4 Å². The summed E-state index contributed by atoms with van der Waals surface area (Å²) in [5.74, 6) is -1.69. The molecule has 0 aromatic heterocycles. The van der Waals surface area contributed by atoms with Crippen LogP contribution in [0.4, 0.5) is 0 Å². The Labute approximate surface area is 145 Å². The summed E-state index contributed by atoms with van der Waals surface area (Å²) >= 11 is 0. The van der Waals surface area contributed by atoms with Gasteiger partial charge < -0.3 is 15.3 Å². The number of carbonyl (C=O) groups excluding carboxylic acids is 1. The van der Waals surface area contributed by atoms with Crippen molar-refractivity contribution < 1.29 is 20.1 Å². The maximum absolute atomic E-state index is 12.3. The number of carbonyl (C=O) groups is 1. The van der Waals surface area contributed by atoms with Gasteiger partial charge in [-0.1, -0.05) is 65.7 Å². The maximum atomic E-state index is 12.3. The van der Waals surface area contributed by atoms with Crippen LogP contribution in [0.5, 0.6) is 17.2 Å². The molecule has 0 aliphatic carbocycles. The van der Waals surface area contributed by atoms with Crippen molar-refractivity contribution in [2.24, 2.45) is 0 Å². The van der Waals surface area contributed by atoms with E-state index >= 15 is 0 Å². The number of ketones is 1. The average Bonchev–Trinajstić information content (AvgIpc) is 2.54. The number of Topliss-reactive ketones (excluding diaryl/α,β-unsaturated/α-hetero) is 1. The third-order valence-corrected chi connectivity index (χ3v) is 4.46. The van der Waals surface area contributed by atoms with E-state index < -0.39 is 11.5 Å². The molecule has 4 nitrogen and oxygen atoms in total. The first-order valence-corrected chi connectivity index (χ1v) is 9.21. The maximum Gasteiger partial charge on any atom is 0.201 e. The third kappa shape index (κ3) is 5.73.